The van der Waals surface area contributed by atoms with Crippen LogP contribution in [-0.4, -0.2) is 46.9 Å². The van der Waals surface area contributed by atoms with Gasteiger partial charge in [0.15, 0.2) is 0 Å². The third-order valence-electron chi connectivity index (χ3n) is 4.25. The second-order valence-corrected chi connectivity index (χ2v) is 6.00. The summed E-state index contributed by atoms with van der Waals surface area (Å²) in [5.74, 6) is -0.352. The molecular weight excluding hydrogens is 331 g/mol. The van der Waals surface area contributed by atoms with Gasteiger partial charge >= 0.3 is 6.18 Å². The highest BCUT2D eigenvalue weighted by Gasteiger charge is 2.31. The number of nitrogens with zero attached hydrogens (tertiary/aromatic N) is 3. The summed E-state index contributed by atoms with van der Waals surface area (Å²) < 4.78 is 38.4. The van der Waals surface area contributed by atoms with E-state index in [9.17, 15) is 18.0 Å². The zero-order valence-corrected chi connectivity index (χ0v) is 13.5. The highest BCUT2D eigenvalue weighted by molar-refractivity contribution is 5.94. The van der Waals surface area contributed by atoms with Gasteiger partial charge in [-0.25, -0.2) is 0 Å². The van der Waals surface area contributed by atoms with Gasteiger partial charge in [-0.2, -0.15) is 13.2 Å². The van der Waals surface area contributed by atoms with Gasteiger partial charge in [-0.1, -0.05) is 6.07 Å². The molecule has 0 spiro atoms. The molecule has 25 heavy (non-hydrogen) atoms. The molecule has 1 aliphatic heterocycles. The Morgan fingerprint density at radius 2 is 1.72 bits per heavy atom. The number of benzene rings is 1. The van der Waals surface area contributed by atoms with E-state index in [1.54, 1.807) is 17.3 Å². The number of piperazine rings is 1. The maximum atomic E-state index is 12.8. The van der Waals surface area contributed by atoms with Crippen LogP contribution in [0.25, 0.3) is 0 Å². The van der Waals surface area contributed by atoms with E-state index in [0.29, 0.717) is 26.2 Å². The summed E-state index contributed by atoms with van der Waals surface area (Å²) in [6.07, 6.45) is -0.967. The first-order valence-electron chi connectivity index (χ1n) is 8.01. The van der Waals surface area contributed by atoms with E-state index < -0.39 is 11.7 Å². The number of hydrogen-bond acceptors (Lipinski definition) is 3. The number of pyridine rings is 1. The summed E-state index contributed by atoms with van der Waals surface area (Å²) in [7, 11) is 0. The first-order chi connectivity index (χ1) is 11.9. The molecule has 1 saturated heterocycles. The molecule has 0 aliphatic carbocycles. The predicted molar refractivity (Wildman–Crippen MR) is 86.9 cm³/mol. The van der Waals surface area contributed by atoms with Crippen molar-refractivity contribution in [3.63, 3.8) is 0 Å². The van der Waals surface area contributed by atoms with Crippen LogP contribution >= 0.6 is 0 Å². The predicted octanol–water partition coefficient (Wildman–Crippen LogP) is 3.06. The first-order valence-corrected chi connectivity index (χ1v) is 8.01. The van der Waals surface area contributed by atoms with Crippen LogP contribution < -0.4 is 0 Å². The van der Waals surface area contributed by atoms with Crippen LogP contribution in [0.3, 0.4) is 0 Å². The quantitative estimate of drug-likeness (QED) is 0.855. The summed E-state index contributed by atoms with van der Waals surface area (Å²) in [5, 5.41) is 0. The number of alkyl halides is 3. The van der Waals surface area contributed by atoms with Crippen LogP contribution in [0.15, 0.2) is 48.8 Å². The van der Waals surface area contributed by atoms with Crippen LogP contribution in [0.2, 0.25) is 0 Å². The van der Waals surface area contributed by atoms with Gasteiger partial charge in [-0.05, 0) is 35.9 Å². The molecule has 7 heteroatoms. The number of hydrogen-bond donors (Lipinski definition) is 0. The molecule has 1 aliphatic rings. The van der Waals surface area contributed by atoms with Crippen molar-refractivity contribution in [3.05, 3.63) is 65.5 Å². The Kier molecular flexibility index (Phi) is 5.03. The van der Waals surface area contributed by atoms with Crippen molar-refractivity contribution in [2.45, 2.75) is 12.7 Å². The molecule has 4 nitrogen and oxygen atoms in total. The van der Waals surface area contributed by atoms with Crippen molar-refractivity contribution in [3.8, 4) is 0 Å². The van der Waals surface area contributed by atoms with Gasteiger partial charge in [0.25, 0.3) is 5.91 Å². The van der Waals surface area contributed by atoms with E-state index in [4.69, 9.17) is 0 Å². The fourth-order valence-electron chi connectivity index (χ4n) is 2.87. The number of carbonyl (C=O) groups excluding carboxylic acids is 1. The fourth-order valence-corrected chi connectivity index (χ4v) is 2.87. The van der Waals surface area contributed by atoms with Crippen LogP contribution in [-0.2, 0) is 12.7 Å². The van der Waals surface area contributed by atoms with Gasteiger partial charge in [0, 0.05) is 50.7 Å². The smallest absolute Gasteiger partial charge is 0.336 e. The molecule has 1 amide bonds. The molecule has 0 radical (unpaired) electrons. The lowest BCUT2D eigenvalue weighted by Crippen LogP contribution is -2.48. The van der Waals surface area contributed by atoms with Crippen LogP contribution in [0, 0.1) is 0 Å². The van der Waals surface area contributed by atoms with E-state index >= 15 is 0 Å². The molecule has 0 N–H and O–H groups in total. The van der Waals surface area contributed by atoms with Gasteiger partial charge in [0.1, 0.15) is 0 Å². The van der Waals surface area contributed by atoms with Crippen LogP contribution in [0.1, 0.15) is 21.5 Å². The van der Waals surface area contributed by atoms with Gasteiger partial charge in [0.05, 0.1) is 5.56 Å². The zero-order chi connectivity index (χ0) is 17.9. The molecule has 2 aromatic rings. The lowest BCUT2D eigenvalue weighted by Gasteiger charge is -2.34. The summed E-state index contributed by atoms with van der Waals surface area (Å²) in [4.78, 5) is 20.3. The molecule has 0 saturated carbocycles. The maximum absolute atomic E-state index is 12.8. The monoisotopic (exact) mass is 349 g/mol. The number of carbonyl (C=O) groups is 1. The average molecular weight is 349 g/mol. The van der Waals surface area contributed by atoms with E-state index in [2.05, 4.69) is 9.88 Å². The molecular formula is C18H18F3N3O. The lowest BCUT2D eigenvalue weighted by molar-refractivity contribution is -0.137. The second kappa shape index (κ2) is 7.23. The summed E-state index contributed by atoms with van der Waals surface area (Å²) in [5.41, 5.74) is 0.430. The maximum Gasteiger partial charge on any atom is 0.416 e. The summed E-state index contributed by atoms with van der Waals surface area (Å²) in [6.45, 7) is 3.15. The average Bonchev–Trinajstić information content (AvgIpc) is 2.62. The third kappa shape index (κ3) is 4.36. The van der Waals surface area contributed by atoms with Gasteiger partial charge < -0.3 is 4.90 Å². The number of aromatic nitrogens is 1. The number of amides is 1. The Balaban J connectivity index is 1.60. The lowest BCUT2D eigenvalue weighted by atomic mass is 10.1. The van der Waals surface area contributed by atoms with Crippen molar-refractivity contribution in [1.82, 2.24) is 14.8 Å². The molecule has 3 rings (SSSR count). The molecule has 0 atom stereocenters. The SMILES string of the molecule is O=C(c1cccc(C(F)(F)F)c1)N1CCN(Cc2ccncc2)CC1. The molecule has 1 aromatic carbocycles. The Labute approximate surface area is 143 Å². The zero-order valence-electron chi connectivity index (χ0n) is 13.5. The molecule has 1 aromatic heterocycles. The summed E-state index contributed by atoms with van der Waals surface area (Å²) in [6, 6.07) is 8.49. The van der Waals surface area contributed by atoms with E-state index in [1.165, 1.54) is 12.1 Å². The van der Waals surface area contributed by atoms with Crippen molar-refractivity contribution < 1.29 is 18.0 Å². The molecule has 2 heterocycles. The van der Waals surface area contributed by atoms with Gasteiger partial charge in [0.2, 0.25) is 0 Å². The van der Waals surface area contributed by atoms with E-state index in [1.807, 2.05) is 12.1 Å². The van der Waals surface area contributed by atoms with Gasteiger partial charge in [-0.3, -0.25) is 14.7 Å². The second-order valence-electron chi connectivity index (χ2n) is 6.00. The minimum Gasteiger partial charge on any atom is -0.336 e. The van der Waals surface area contributed by atoms with Gasteiger partial charge in [-0.15, -0.1) is 0 Å². The number of halogens is 3. The largest absolute Gasteiger partial charge is 0.416 e. The first kappa shape index (κ1) is 17.4. The highest BCUT2D eigenvalue weighted by Crippen LogP contribution is 2.29. The summed E-state index contributed by atoms with van der Waals surface area (Å²) >= 11 is 0. The Morgan fingerprint density at radius 3 is 2.36 bits per heavy atom. The van der Waals surface area contributed by atoms with Crippen molar-refractivity contribution >= 4 is 5.91 Å². The minimum atomic E-state index is -4.44. The Bertz CT molecular complexity index is 726. The molecule has 0 bridgehead atoms. The Hall–Kier alpha value is -2.41. The van der Waals surface area contributed by atoms with Crippen molar-refractivity contribution in [2.75, 3.05) is 26.2 Å². The molecule has 1 fully saturated rings. The molecule has 0 unspecified atom stereocenters. The topological polar surface area (TPSA) is 36.4 Å². The number of rotatable bonds is 3. The highest BCUT2D eigenvalue weighted by atomic mass is 19.4. The van der Waals surface area contributed by atoms with E-state index in [0.717, 1.165) is 24.2 Å². The van der Waals surface area contributed by atoms with Crippen LogP contribution in [0.5, 0.6) is 0 Å². The minimum absolute atomic E-state index is 0.0809. The third-order valence-corrected chi connectivity index (χ3v) is 4.25. The van der Waals surface area contributed by atoms with E-state index in [-0.39, 0.29) is 11.5 Å². The van der Waals surface area contributed by atoms with Crippen LogP contribution in [0.4, 0.5) is 13.2 Å². The normalized spacial score (nSPS) is 16.0. The standard InChI is InChI=1S/C18H18F3N3O/c19-18(20,21)16-3-1-2-15(12-16)17(25)24-10-8-23(9-11-24)13-14-4-6-22-7-5-14/h1-7,12H,8-11,13H2. The fraction of sp³-hybridized carbons (Fsp3) is 0.333. The Morgan fingerprint density at radius 1 is 1.04 bits per heavy atom. The van der Waals surface area contributed by atoms with Crippen molar-refractivity contribution in [1.29, 1.82) is 0 Å². The molecule has 132 valence electrons. The van der Waals surface area contributed by atoms with Crippen molar-refractivity contribution in [2.24, 2.45) is 0 Å².